The number of hydrogen-bond acceptors (Lipinski definition) is 4. The van der Waals surface area contributed by atoms with E-state index in [4.69, 9.17) is 10.00 Å². The lowest BCUT2D eigenvalue weighted by atomic mass is 10.1. The first-order valence-corrected chi connectivity index (χ1v) is 6.03. The van der Waals surface area contributed by atoms with Crippen molar-refractivity contribution in [2.45, 2.75) is 33.2 Å². The average Bonchev–Trinajstić information content (AvgIpc) is 2.32. The molecule has 0 saturated carbocycles. The Balaban J connectivity index is 2.78. The maximum absolute atomic E-state index is 11.9. The summed E-state index contributed by atoms with van der Waals surface area (Å²) in [5.74, 6) is -0.0899. The van der Waals surface area contributed by atoms with Crippen LogP contribution in [0, 0.1) is 18.3 Å². The van der Waals surface area contributed by atoms with Crippen molar-refractivity contribution in [3.63, 3.8) is 0 Å². The summed E-state index contributed by atoms with van der Waals surface area (Å²) in [7, 11) is 0. The number of nitriles is 1. The zero-order chi connectivity index (χ0) is 13.5. The van der Waals surface area contributed by atoms with Crippen molar-refractivity contribution in [2.24, 2.45) is 0 Å². The molecule has 5 nitrogen and oxygen atoms in total. The van der Waals surface area contributed by atoms with Gasteiger partial charge in [0.2, 0.25) is 0 Å². The predicted molar refractivity (Wildman–Crippen MR) is 67.5 cm³/mol. The van der Waals surface area contributed by atoms with Gasteiger partial charge in [-0.2, -0.15) is 5.26 Å². The van der Waals surface area contributed by atoms with E-state index in [0.29, 0.717) is 25.3 Å². The van der Waals surface area contributed by atoms with Gasteiger partial charge in [-0.05, 0) is 32.3 Å². The second-order valence-corrected chi connectivity index (χ2v) is 4.03. The maximum atomic E-state index is 11.9. The summed E-state index contributed by atoms with van der Waals surface area (Å²) in [6, 6.07) is 3.32. The molecule has 1 aromatic heterocycles. The fourth-order valence-electron chi connectivity index (χ4n) is 1.72. The second kappa shape index (κ2) is 6.82. The van der Waals surface area contributed by atoms with Gasteiger partial charge in [-0.15, -0.1) is 0 Å². The zero-order valence-electron chi connectivity index (χ0n) is 10.8. The third kappa shape index (κ3) is 3.34. The summed E-state index contributed by atoms with van der Waals surface area (Å²) in [6.07, 6.45) is 1.54. The monoisotopic (exact) mass is 250 g/mol. The first kappa shape index (κ1) is 14.3. The van der Waals surface area contributed by atoms with Crippen LogP contribution in [0.4, 0.5) is 0 Å². The lowest BCUT2D eigenvalue weighted by molar-refractivity contribution is 0.142. The number of pyridine rings is 1. The Bertz CT molecular complexity index is 500. The van der Waals surface area contributed by atoms with E-state index < -0.39 is 5.56 Å². The first-order chi connectivity index (χ1) is 8.61. The number of unbranched alkanes of at least 4 members (excludes halogenated alkanes) is 1. The van der Waals surface area contributed by atoms with Crippen LogP contribution in [0.1, 0.15) is 30.9 Å². The highest BCUT2D eigenvalue weighted by molar-refractivity contribution is 5.37. The van der Waals surface area contributed by atoms with E-state index in [1.165, 1.54) is 10.6 Å². The van der Waals surface area contributed by atoms with Crippen LogP contribution in [0.5, 0.6) is 5.88 Å². The van der Waals surface area contributed by atoms with E-state index in [2.05, 4.69) is 0 Å². The highest BCUT2D eigenvalue weighted by Gasteiger charge is 2.10. The zero-order valence-corrected chi connectivity index (χ0v) is 10.8. The molecule has 0 aromatic carbocycles. The van der Waals surface area contributed by atoms with Crippen LogP contribution >= 0.6 is 0 Å². The molecule has 0 aliphatic rings. The highest BCUT2D eigenvalue weighted by Crippen LogP contribution is 2.12. The summed E-state index contributed by atoms with van der Waals surface area (Å²) in [5, 5.41) is 18.6. The molecule has 1 rings (SSSR count). The van der Waals surface area contributed by atoms with Gasteiger partial charge in [0.05, 0.1) is 0 Å². The summed E-state index contributed by atoms with van der Waals surface area (Å²) in [4.78, 5) is 11.9. The van der Waals surface area contributed by atoms with Crippen molar-refractivity contribution in [2.75, 3.05) is 13.2 Å². The second-order valence-electron chi connectivity index (χ2n) is 4.03. The van der Waals surface area contributed by atoms with Crippen LogP contribution in [0.15, 0.2) is 10.9 Å². The van der Waals surface area contributed by atoms with Crippen LogP contribution < -0.4 is 5.56 Å². The van der Waals surface area contributed by atoms with E-state index in [1.54, 1.807) is 6.92 Å². The number of nitrogens with zero attached hydrogens (tertiary/aromatic N) is 2. The number of aryl methyl sites for hydroxylation is 1. The quantitative estimate of drug-likeness (QED) is 0.777. The van der Waals surface area contributed by atoms with E-state index in [0.717, 1.165) is 12.8 Å². The number of aromatic hydroxyl groups is 1. The number of hydrogen-bond donors (Lipinski definition) is 1. The minimum absolute atomic E-state index is 0.0899. The molecular formula is C13H18N2O3. The van der Waals surface area contributed by atoms with Gasteiger partial charge in [0.15, 0.2) is 5.88 Å². The summed E-state index contributed by atoms with van der Waals surface area (Å²) < 4.78 is 6.43. The van der Waals surface area contributed by atoms with Gasteiger partial charge in [-0.25, -0.2) is 0 Å². The molecule has 1 heterocycles. The van der Waals surface area contributed by atoms with Crippen molar-refractivity contribution in [3.8, 4) is 11.9 Å². The average molecular weight is 250 g/mol. The summed E-state index contributed by atoms with van der Waals surface area (Å²) in [5.41, 5.74) is 0.176. The minimum atomic E-state index is -0.425. The predicted octanol–water partition coefficient (Wildman–Crippen LogP) is 1.55. The number of rotatable bonds is 6. The van der Waals surface area contributed by atoms with Gasteiger partial charge < -0.3 is 9.84 Å². The SMILES string of the molecule is CCOCCCCn1c(O)cc(C)c(C#N)c1=O. The minimum Gasteiger partial charge on any atom is -0.494 e. The lowest BCUT2D eigenvalue weighted by Gasteiger charge is -2.10. The molecule has 0 bridgehead atoms. The van der Waals surface area contributed by atoms with Gasteiger partial charge in [0, 0.05) is 25.8 Å². The molecule has 0 fully saturated rings. The molecule has 5 heteroatoms. The Labute approximate surface area is 106 Å². The topological polar surface area (TPSA) is 75.2 Å². The fourth-order valence-corrected chi connectivity index (χ4v) is 1.72. The molecule has 0 spiro atoms. The molecule has 0 atom stereocenters. The normalized spacial score (nSPS) is 10.3. The Morgan fingerprint density at radius 2 is 2.22 bits per heavy atom. The van der Waals surface area contributed by atoms with Gasteiger partial charge >= 0.3 is 0 Å². The Kier molecular flexibility index (Phi) is 5.40. The van der Waals surface area contributed by atoms with Crippen molar-refractivity contribution < 1.29 is 9.84 Å². The van der Waals surface area contributed by atoms with Gasteiger partial charge in [-0.3, -0.25) is 9.36 Å². The standard InChI is InChI=1S/C13H18N2O3/c1-3-18-7-5-4-6-15-12(16)8-10(2)11(9-14)13(15)17/h8,16H,3-7H2,1-2H3. The Morgan fingerprint density at radius 1 is 1.50 bits per heavy atom. The molecule has 0 radical (unpaired) electrons. The van der Waals surface area contributed by atoms with Crippen LogP contribution in [-0.2, 0) is 11.3 Å². The smallest absolute Gasteiger partial charge is 0.271 e. The van der Waals surface area contributed by atoms with Gasteiger partial charge in [-0.1, -0.05) is 0 Å². The van der Waals surface area contributed by atoms with E-state index in [-0.39, 0.29) is 11.4 Å². The van der Waals surface area contributed by atoms with Crippen LogP contribution in [-0.4, -0.2) is 22.9 Å². The molecule has 98 valence electrons. The molecule has 0 aliphatic heterocycles. The highest BCUT2D eigenvalue weighted by atomic mass is 16.5. The third-order valence-electron chi connectivity index (χ3n) is 2.71. The number of ether oxygens (including phenoxy) is 1. The molecular weight excluding hydrogens is 232 g/mol. The van der Waals surface area contributed by atoms with Gasteiger partial charge in [0.25, 0.3) is 5.56 Å². The van der Waals surface area contributed by atoms with E-state index in [1.807, 2.05) is 13.0 Å². The number of aromatic nitrogens is 1. The summed E-state index contributed by atoms with van der Waals surface area (Å²) in [6.45, 7) is 5.28. The van der Waals surface area contributed by atoms with Crippen LogP contribution in [0.2, 0.25) is 0 Å². The largest absolute Gasteiger partial charge is 0.494 e. The van der Waals surface area contributed by atoms with Gasteiger partial charge in [0.1, 0.15) is 11.6 Å². The summed E-state index contributed by atoms with van der Waals surface area (Å²) >= 11 is 0. The Hall–Kier alpha value is -1.80. The molecule has 0 amide bonds. The van der Waals surface area contributed by atoms with E-state index in [9.17, 15) is 9.90 Å². The molecule has 18 heavy (non-hydrogen) atoms. The molecule has 0 saturated heterocycles. The van der Waals surface area contributed by atoms with Crippen molar-refractivity contribution >= 4 is 0 Å². The lowest BCUT2D eigenvalue weighted by Crippen LogP contribution is -2.23. The fraction of sp³-hybridized carbons (Fsp3) is 0.538. The Morgan fingerprint density at radius 3 is 2.83 bits per heavy atom. The van der Waals surface area contributed by atoms with E-state index >= 15 is 0 Å². The molecule has 1 N–H and O–H groups in total. The van der Waals surface area contributed by atoms with Crippen LogP contribution in [0.3, 0.4) is 0 Å². The third-order valence-corrected chi connectivity index (χ3v) is 2.71. The van der Waals surface area contributed by atoms with Crippen molar-refractivity contribution in [3.05, 3.63) is 27.5 Å². The maximum Gasteiger partial charge on any atom is 0.271 e. The van der Waals surface area contributed by atoms with Crippen molar-refractivity contribution in [1.29, 1.82) is 5.26 Å². The van der Waals surface area contributed by atoms with Crippen molar-refractivity contribution in [1.82, 2.24) is 4.57 Å². The molecule has 0 unspecified atom stereocenters. The first-order valence-electron chi connectivity index (χ1n) is 6.03. The molecule has 0 aliphatic carbocycles. The van der Waals surface area contributed by atoms with Crippen LogP contribution in [0.25, 0.3) is 0 Å². The molecule has 1 aromatic rings.